The summed E-state index contributed by atoms with van der Waals surface area (Å²) in [5.74, 6) is 2.34. The molecular formula is C21H26N8O. The summed E-state index contributed by atoms with van der Waals surface area (Å²) < 4.78 is 5.54. The van der Waals surface area contributed by atoms with E-state index in [4.69, 9.17) is 14.7 Å². The minimum Gasteiger partial charge on any atom is -0.378 e. The Kier molecular flexibility index (Phi) is 5.54. The number of fused-ring (bicyclic) bond motifs is 1. The second-order valence-corrected chi connectivity index (χ2v) is 7.44. The van der Waals surface area contributed by atoms with Gasteiger partial charge in [-0.1, -0.05) is 30.3 Å². The predicted octanol–water partition coefficient (Wildman–Crippen LogP) is 1.28. The first-order valence-electron chi connectivity index (χ1n) is 10.5. The van der Waals surface area contributed by atoms with Crippen molar-refractivity contribution in [1.82, 2.24) is 25.3 Å². The summed E-state index contributed by atoms with van der Waals surface area (Å²) in [7, 11) is 0. The fourth-order valence-electron chi connectivity index (χ4n) is 3.83. The largest absolute Gasteiger partial charge is 0.378 e. The highest BCUT2D eigenvalue weighted by Crippen LogP contribution is 2.29. The maximum absolute atomic E-state index is 5.54. The lowest BCUT2D eigenvalue weighted by Crippen LogP contribution is -2.44. The van der Waals surface area contributed by atoms with Gasteiger partial charge in [-0.05, 0) is 5.56 Å². The predicted molar refractivity (Wildman–Crippen MR) is 117 cm³/mol. The van der Waals surface area contributed by atoms with Crippen LogP contribution in [-0.4, -0.2) is 72.4 Å². The van der Waals surface area contributed by atoms with Gasteiger partial charge in [-0.3, -0.25) is 0 Å². The molecule has 2 aliphatic rings. The number of rotatable bonds is 5. The Morgan fingerprint density at radius 1 is 0.900 bits per heavy atom. The number of piperazine rings is 1. The van der Waals surface area contributed by atoms with Gasteiger partial charge in [0.15, 0.2) is 11.6 Å². The van der Waals surface area contributed by atoms with E-state index in [2.05, 4.69) is 42.5 Å². The van der Waals surface area contributed by atoms with Crippen LogP contribution in [0.25, 0.3) is 11.0 Å². The van der Waals surface area contributed by atoms with Crippen molar-refractivity contribution in [2.75, 3.05) is 67.6 Å². The highest BCUT2D eigenvalue weighted by molar-refractivity contribution is 5.93. The molecule has 156 valence electrons. The molecule has 2 fully saturated rings. The average Bonchev–Trinajstić information content (AvgIpc) is 2.84. The van der Waals surface area contributed by atoms with Gasteiger partial charge in [-0.2, -0.15) is 4.98 Å². The quantitative estimate of drug-likeness (QED) is 0.650. The van der Waals surface area contributed by atoms with Gasteiger partial charge in [-0.15, -0.1) is 0 Å². The number of nitrogens with one attached hydrogen (secondary N) is 2. The van der Waals surface area contributed by atoms with Gasteiger partial charge in [0.25, 0.3) is 0 Å². The van der Waals surface area contributed by atoms with Crippen LogP contribution >= 0.6 is 0 Å². The number of morpholine rings is 1. The Labute approximate surface area is 175 Å². The number of hydrogen-bond donors (Lipinski definition) is 2. The van der Waals surface area contributed by atoms with Gasteiger partial charge in [0.1, 0.15) is 17.4 Å². The van der Waals surface area contributed by atoms with Gasteiger partial charge in [-0.25, -0.2) is 15.0 Å². The fourth-order valence-corrected chi connectivity index (χ4v) is 3.83. The van der Waals surface area contributed by atoms with E-state index in [0.717, 1.165) is 67.9 Å². The zero-order valence-corrected chi connectivity index (χ0v) is 16.9. The minimum atomic E-state index is 0.673. The maximum atomic E-state index is 5.54. The van der Waals surface area contributed by atoms with Crippen molar-refractivity contribution in [1.29, 1.82) is 0 Å². The van der Waals surface area contributed by atoms with Crippen LogP contribution in [-0.2, 0) is 11.3 Å². The van der Waals surface area contributed by atoms with Crippen molar-refractivity contribution < 1.29 is 4.74 Å². The van der Waals surface area contributed by atoms with E-state index >= 15 is 0 Å². The van der Waals surface area contributed by atoms with E-state index in [1.165, 1.54) is 5.56 Å². The lowest BCUT2D eigenvalue weighted by Gasteiger charge is -2.31. The second-order valence-electron chi connectivity index (χ2n) is 7.44. The Morgan fingerprint density at radius 3 is 2.50 bits per heavy atom. The van der Waals surface area contributed by atoms with Crippen molar-refractivity contribution in [3.63, 3.8) is 0 Å². The lowest BCUT2D eigenvalue weighted by atomic mass is 10.2. The molecule has 0 spiro atoms. The zero-order chi connectivity index (χ0) is 20.2. The number of aromatic nitrogens is 4. The van der Waals surface area contributed by atoms with Gasteiger partial charge in [0, 0.05) is 45.8 Å². The SMILES string of the molecule is c1ccc(CNc2ncnc3c(N4CCOCC4)nc(N4CCNCC4)nc23)cc1. The van der Waals surface area contributed by atoms with E-state index in [1.54, 1.807) is 6.33 Å². The third-order valence-corrected chi connectivity index (χ3v) is 5.47. The summed E-state index contributed by atoms with van der Waals surface area (Å²) >= 11 is 0. The van der Waals surface area contributed by atoms with Crippen LogP contribution in [0.3, 0.4) is 0 Å². The normalized spacial score (nSPS) is 17.3. The van der Waals surface area contributed by atoms with Crippen molar-refractivity contribution in [2.45, 2.75) is 6.54 Å². The van der Waals surface area contributed by atoms with Crippen molar-refractivity contribution in [3.8, 4) is 0 Å². The van der Waals surface area contributed by atoms with Crippen LogP contribution in [0.4, 0.5) is 17.6 Å². The molecule has 4 heterocycles. The van der Waals surface area contributed by atoms with Gasteiger partial charge in [0.2, 0.25) is 5.95 Å². The topological polar surface area (TPSA) is 91.3 Å². The Balaban J connectivity index is 1.55. The second kappa shape index (κ2) is 8.76. The standard InChI is InChI=1S/C21H26N8O/c1-2-4-16(5-3-1)14-23-19-17-18(24-15-25-19)20(28-10-12-30-13-11-28)27-21(26-17)29-8-6-22-7-9-29/h1-5,15,22H,6-14H2,(H,23,24,25). The molecule has 30 heavy (non-hydrogen) atoms. The van der Waals surface area contributed by atoms with Crippen molar-refractivity contribution >= 4 is 28.6 Å². The smallest absolute Gasteiger partial charge is 0.228 e. The molecule has 3 aromatic rings. The lowest BCUT2D eigenvalue weighted by molar-refractivity contribution is 0.122. The molecule has 9 nitrogen and oxygen atoms in total. The first kappa shape index (κ1) is 19.0. The summed E-state index contributed by atoms with van der Waals surface area (Å²) in [5.41, 5.74) is 2.73. The van der Waals surface area contributed by atoms with Crippen LogP contribution in [0, 0.1) is 0 Å². The molecule has 2 N–H and O–H groups in total. The Hall–Kier alpha value is -3.04. The zero-order valence-electron chi connectivity index (χ0n) is 16.9. The molecule has 0 atom stereocenters. The van der Waals surface area contributed by atoms with E-state index in [-0.39, 0.29) is 0 Å². The Morgan fingerprint density at radius 2 is 1.70 bits per heavy atom. The monoisotopic (exact) mass is 406 g/mol. The molecule has 1 aromatic carbocycles. The first-order valence-corrected chi connectivity index (χ1v) is 10.5. The third-order valence-electron chi connectivity index (χ3n) is 5.47. The van der Waals surface area contributed by atoms with Gasteiger partial charge in [0.05, 0.1) is 13.2 Å². The van der Waals surface area contributed by atoms with Crippen LogP contribution < -0.4 is 20.4 Å². The maximum Gasteiger partial charge on any atom is 0.228 e. The van der Waals surface area contributed by atoms with E-state index < -0.39 is 0 Å². The van der Waals surface area contributed by atoms with E-state index in [1.807, 2.05) is 18.2 Å². The number of anilines is 3. The number of benzene rings is 1. The first-order chi connectivity index (χ1) is 14.9. The summed E-state index contributed by atoms with van der Waals surface area (Å²) in [6.45, 7) is 7.28. The molecule has 0 radical (unpaired) electrons. The summed E-state index contributed by atoms with van der Waals surface area (Å²) in [6, 6.07) is 10.3. The molecule has 0 aliphatic carbocycles. The highest BCUT2D eigenvalue weighted by atomic mass is 16.5. The molecule has 0 bridgehead atoms. The molecular weight excluding hydrogens is 380 g/mol. The minimum absolute atomic E-state index is 0.673. The molecule has 0 saturated carbocycles. The molecule has 0 amide bonds. The third kappa shape index (κ3) is 3.99. The molecule has 2 aliphatic heterocycles. The van der Waals surface area contributed by atoms with Gasteiger partial charge >= 0.3 is 0 Å². The molecule has 0 unspecified atom stereocenters. The van der Waals surface area contributed by atoms with Gasteiger partial charge < -0.3 is 25.2 Å². The van der Waals surface area contributed by atoms with Crippen LogP contribution in [0.2, 0.25) is 0 Å². The molecule has 2 saturated heterocycles. The number of nitrogens with zero attached hydrogens (tertiary/aromatic N) is 6. The molecule has 2 aromatic heterocycles. The summed E-state index contributed by atoms with van der Waals surface area (Å²) in [4.78, 5) is 23.4. The fraction of sp³-hybridized carbons (Fsp3) is 0.429. The highest BCUT2D eigenvalue weighted by Gasteiger charge is 2.23. The molecule has 9 heteroatoms. The van der Waals surface area contributed by atoms with Crippen LogP contribution in [0.15, 0.2) is 36.7 Å². The van der Waals surface area contributed by atoms with Crippen molar-refractivity contribution in [3.05, 3.63) is 42.2 Å². The van der Waals surface area contributed by atoms with E-state index in [9.17, 15) is 0 Å². The van der Waals surface area contributed by atoms with E-state index in [0.29, 0.717) is 19.8 Å². The average molecular weight is 406 g/mol. The summed E-state index contributed by atoms with van der Waals surface area (Å²) in [5, 5.41) is 6.84. The van der Waals surface area contributed by atoms with Crippen LogP contribution in [0.1, 0.15) is 5.56 Å². The summed E-state index contributed by atoms with van der Waals surface area (Å²) in [6.07, 6.45) is 1.59. The Bertz CT molecular complexity index is 987. The number of hydrogen-bond acceptors (Lipinski definition) is 9. The van der Waals surface area contributed by atoms with Crippen LogP contribution in [0.5, 0.6) is 0 Å². The molecule has 5 rings (SSSR count). The number of ether oxygens (including phenoxy) is 1. The van der Waals surface area contributed by atoms with Crippen molar-refractivity contribution in [2.24, 2.45) is 0 Å².